The molecule has 9 heteroatoms. The van der Waals surface area contributed by atoms with Crippen molar-refractivity contribution in [3.05, 3.63) is 53.9 Å². The molecule has 2 aromatic heterocycles. The lowest BCUT2D eigenvalue weighted by molar-refractivity contribution is -0.128. The normalized spacial score (nSPS) is 14.8. The van der Waals surface area contributed by atoms with Crippen molar-refractivity contribution in [2.45, 2.75) is 32.1 Å². The molecule has 1 aliphatic heterocycles. The average Bonchev–Trinajstić information content (AvgIpc) is 2.80. The number of fused-ring (bicyclic) bond motifs is 1. The molecular formula is C26H31ClN4O3Si. The van der Waals surface area contributed by atoms with E-state index in [0.29, 0.717) is 44.7 Å². The molecule has 1 aliphatic rings. The van der Waals surface area contributed by atoms with Gasteiger partial charge in [0.2, 0.25) is 0 Å². The topological polar surface area (TPSA) is 80.5 Å². The highest BCUT2D eigenvalue weighted by molar-refractivity contribution is 6.76. The number of anilines is 2. The van der Waals surface area contributed by atoms with Gasteiger partial charge in [-0.05, 0) is 47.8 Å². The highest BCUT2D eigenvalue weighted by Gasteiger charge is 2.39. The maximum atomic E-state index is 9.12. The van der Waals surface area contributed by atoms with Crippen LogP contribution in [0, 0.1) is 16.7 Å². The Morgan fingerprint density at radius 2 is 2.00 bits per heavy atom. The molecule has 0 aliphatic carbocycles. The van der Waals surface area contributed by atoms with Crippen LogP contribution in [0.5, 0.6) is 5.75 Å². The Hall–Kier alpha value is -2.70. The van der Waals surface area contributed by atoms with Gasteiger partial charge in [-0.3, -0.25) is 0 Å². The molecule has 0 N–H and O–H groups in total. The first-order valence-corrected chi connectivity index (χ1v) is 15.8. The van der Waals surface area contributed by atoms with Crippen LogP contribution in [0.2, 0.25) is 30.8 Å². The molecule has 0 saturated carbocycles. The number of benzene rings is 1. The summed E-state index contributed by atoms with van der Waals surface area (Å²) in [5.74, 6) is 1.53. The largest absolute Gasteiger partial charge is 0.493 e. The van der Waals surface area contributed by atoms with E-state index in [2.05, 4.69) is 30.7 Å². The number of ether oxygens (including phenoxy) is 3. The monoisotopic (exact) mass is 510 g/mol. The summed E-state index contributed by atoms with van der Waals surface area (Å²) in [6.07, 6.45) is 3.95. The Kier molecular flexibility index (Phi) is 7.92. The number of nitriles is 1. The van der Waals surface area contributed by atoms with E-state index in [4.69, 9.17) is 36.1 Å². The number of pyridine rings is 2. The van der Waals surface area contributed by atoms with E-state index < -0.39 is 8.07 Å². The fourth-order valence-corrected chi connectivity index (χ4v) is 4.66. The van der Waals surface area contributed by atoms with Crippen LogP contribution in [-0.2, 0) is 9.47 Å². The maximum Gasteiger partial charge on any atom is 0.142 e. The summed E-state index contributed by atoms with van der Waals surface area (Å²) in [7, 11) is -1.20. The van der Waals surface area contributed by atoms with E-state index in [1.807, 2.05) is 35.2 Å². The Labute approximate surface area is 212 Å². The van der Waals surface area contributed by atoms with Crippen molar-refractivity contribution >= 4 is 42.0 Å². The zero-order valence-electron chi connectivity index (χ0n) is 20.5. The molecule has 184 valence electrons. The minimum absolute atomic E-state index is 0.210. The zero-order valence-corrected chi connectivity index (χ0v) is 22.2. The standard InChI is InChI=1S/C26H31ClN4O3Si/c1-35(2,3)13-12-32-19-31(21-4-7-24(27)30-15-21)25-23-6-5-22(14-20(23)8-11-29-25)34-18-26(9-10-28)16-33-17-26/h4-8,11,14-15H,9,12-13,16-19H2,1-3H3. The Morgan fingerprint density at radius 3 is 2.66 bits per heavy atom. The predicted molar refractivity (Wildman–Crippen MR) is 141 cm³/mol. The van der Waals surface area contributed by atoms with E-state index in [-0.39, 0.29) is 5.41 Å². The summed E-state index contributed by atoms with van der Waals surface area (Å²) in [5, 5.41) is 11.5. The summed E-state index contributed by atoms with van der Waals surface area (Å²) < 4.78 is 17.5. The number of aromatic nitrogens is 2. The SMILES string of the molecule is C[Si](C)(C)CCOCN(c1ccc(Cl)nc1)c1nccc2cc(OCC3(CC#N)COC3)ccc12. The predicted octanol–water partition coefficient (Wildman–Crippen LogP) is 6.04. The number of hydrogen-bond acceptors (Lipinski definition) is 7. The summed E-state index contributed by atoms with van der Waals surface area (Å²) in [4.78, 5) is 11.0. The molecule has 1 aromatic carbocycles. The van der Waals surface area contributed by atoms with Crippen molar-refractivity contribution in [3.8, 4) is 11.8 Å². The molecule has 0 amide bonds. The molecule has 0 bridgehead atoms. The first-order valence-electron chi connectivity index (χ1n) is 11.7. The van der Waals surface area contributed by atoms with Crippen LogP contribution in [0.25, 0.3) is 10.8 Å². The van der Waals surface area contributed by atoms with Gasteiger partial charge in [-0.1, -0.05) is 31.2 Å². The van der Waals surface area contributed by atoms with Crippen LogP contribution in [-0.4, -0.2) is 51.2 Å². The van der Waals surface area contributed by atoms with Crippen LogP contribution < -0.4 is 9.64 Å². The lowest BCUT2D eigenvalue weighted by Crippen LogP contribution is -2.46. The smallest absolute Gasteiger partial charge is 0.142 e. The Morgan fingerprint density at radius 1 is 1.17 bits per heavy atom. The molecule has 1 saturated heterocycles. The lowest BCUT2D eigenvalue weighted by atomic mass is 9.84. The average molecular weight is 511 g/mol. The molecular weight excluding hydrogens is 480 g/mol. The molecule has 4 rings (SSSR count). The van der Waals surface area contributed by atoms with Gasteiger partial charge >= 0.3 is 0 Å². The van der Waals surface area contributed by atoms with Gasteiger partial charge in [-0.25, -0.2) is 9.97 Å². The summed E-state index contributed by atoms with van der Waals surface area (Å²) >= 11 is 6.04. The number of rotatable bonds is 11. The molecule has 3 heterocycles. The van der Waals surface area contributed by atoms with Crippen LogP contribution in [0.3, 0.4) is 0 Å². The second-order valence-corrected chi connectivity index (χ2v) is 16.3. The van der Waals surface area contributed by atoms with Gasteiger partial charge in [-0.15, -0.1) is 0 Å². The quantitative estimate of drug-likeness (QED) is 0.134. The lowest BCUT2D eigenvalue weighted by Gasteiger charge is -2.39. The molecule has 3 aromatic rings. The minimum Gasteiger partial charge on any atom is -0.493 e. The molecule has 7 nitrogen and oxygen atoms in total. The van der Waals surface area contributed by atoms with Gasteiger partial charge in [0.15, 0.2) is 0 Å². The number of nitrogens with zero attached hydrogens (tertiary/aromatic N) is 4. The van der Waals surface area contributed by atoms with Crippen LogP contribution >= 0.6 is 11.6 Å². The first kappa shape index (κ1) is 25.4. The Balaban J connectivity index is 1.57. The second-order valence-electron chi connectivity index (χ2n) is 10.2. The number of halogens is 1. The molecule has 0 unspecified atom stereocenters. The van der Waals surface area contributed by atoms with Crippen molar-refractivity contribution in [2.24, 2.45) is 5.41 Å². The third kappa shape index (κ3) is 6.50. The molecule has 35 heavy (non-hydrogen) atoms. The molecule has 0 radical (unpaired) electrons. The van der Waals surface area contributed by atoms with E-state index in [1.54, 1.807) is 18.5 Å². The van der Waals surface area contributed by atoms with Gasteiger partial charge in [-0.2, -0.15) is 5.26 Å². The van der Waals surface area contributed by atoms with Crippen LogP contribution in [0.1, 0.15) is 6.42 Å². The Bertz CT molecular complexity index is 1190. The summed E-state index contributed by atoms with van der Waals surface area (Å²) in [6, 6.07) is 14.9. The van der Waals surface area contributed by atoms with Gasteiger partial charge in [0, 0.05) is 32.7 Å². The van der Waals surface area contributed by atoms with Gasteiger partial charge < -0.3 is 19.1 Å². The van der Waals surface area contributed by atoms with Crippen LogP contribution in [0.4, 0.5) is 11.5 Å². The van der Waals surface area contributed by atoms with Gasteiger partial charge in [0.05, 0.1) is 43.2 Å². The highest BCUT2D eigenvalue weighted by Crippen LogP contribution is 2.35. The second kappa shape index (κ2) is 10.9. The van der Waals surface area contributed by atoms with Crippen molar-refractivity contribution < 1.29 is 14.2 Å². The molecule has 1 fully saturated rings. The van der Waals surface area contributed by atoms with E-state index in [1.165, 1.54) is 0 Å². The fraction of sp³-hybridized carbons (Fsp3) is 0.423. The first-order chi connectivity index (χ1) is 16.8. The van der Waals surface area contributed by atoms with Crippen molar-refractivity contribution in [3.63, 3.8) is 0 Å². The van der Waals surface area contributed by atoms with Crippen molar-refractivity contribution in [2.75, 3.05) is 38.1 Å². The van der Waals surface area contributed by atoms with Gasteiger partial charge in [0.1, 0.15) is 23.5 Å². The van der Waals surface area contributed by atoms with E-state index in [9.17, 15) is 0 Å². The minimum atomic E-state index is -1.20. The number of hydrogen-bond donors (Lipinski definition) is 0. The fourth-order valence-electron chi connectivity index (χ4n) is 3.80. The van der Waals surface area contributed by atoms with Gasteiger partial charge in [0.25, 0.3) is 0 Å². The molecule has 0 atom stereocenters. The highest BCUT2D eigenvalue weighted by atomic mass is 35.5. The maximum absolute atomic E-state index is 9.12. The van der Waals surface area contributed by atoms with E-state index in [0.717, 1.165) is 34.1 Å². The third-order valence-electron chi connectivity index (χ3n) is 6.03. The van der Waals surface area contributed by atoms with E-state index >= 15 is 0 Å². The summed E-state index contributed by atoms with van der Waals surface area (Å²) in [6.45, 7) is 9.64. The van der Waals surface area contributed by atoms with Crippen molar-refractivity contribution in [1.29, 1.82) is 5.26 Å². The van der Waals surface area contributed by atoms with Crippen LogP contribution in [0.15, 0.2) is 48.8 Å². The zero-order chi connectivity index (χ0) is 24.9. The molecule has 0 spiro atoms. The van der Waals surface area contributed by atoms with Crippen molar-refractivity contribution in [1.82, 2.24) is 9.97 Å². The third-order valence-corrected chi connectivity index (χ3v) is 7.95. The summed E-state index contributed by atoms with van der Waals surface area (Å²) in [5.41, 5.74) is 0.643.